The maximum atomic E-state index is 12.4. The second-order valence-corrected chi connectivity index (χ2v) is 5.79. The van der Waals surface area contributed by atoms with E-state index in [0.717, 1.165) is 23.9 Å². The first kappa shape index (κ1) is 13.5. The summed E-state index contributed by atoms with van der Waals surface area (Å²) in [6.45, 7) is 3.51. The van der Waals surface area contributed by atoms with Crippen molar-refractivity contribution in [3.05, 3.63) is 28.5 Å². The van der Waals surface area contributed by atoms with Crippen LogP contribution in [0.2, 0.25) is 0 Å². The largest absolute Gasteiger partial charge is 0.333 e. The Morgan fingerprint density at radius 2 is 2.39 bits per heavy atom. The van der Waals surface area contributed by atoms with Crippen molar-refractivity contribution in [1.29, 1.82) is 0 Å². The van der Waals surface area contributed by atoms with E-state index >= 15 is 0 Å². The third-order valence-electron chi connectivity index (χ3n) is 3.46. The van der Waals surface area contributed by atoms with E-state index in [1.54, 1.807) is 12.3 Å². The molecule has 2 heterocycles. The van der Waals surface area contributed by atoms with E-state index in [9.17, 15) is 4.79 Å². The molecular weight excluding hydrogens is 294 g/mol. The summed E-state index contributed by atoms with van der Waals surface area (Å²) >= 11 is 3.32. The average Bonchev–Trinajstić information content (AvgIpc) is 2.38. The van der Waals surface area contributed by atoms with E-state index < -0.39 is 0 Å². The molecule has 1 aliphatic heterocycles. The second-order valence-electron chi connectivity index (χ2n) is 4.88. The van der Waals surface area contributed by atoms with Gasteiger partial charge >= 0.3 is 0 Å². The number of halogens is 1. The zero-order valence-corrected chi connectivity index (χ0v) is 12.1. The summed E-state index contributed by atoms with van der Waals surface area (Å²) in [4.78, 5) is 18.4. The maximum absolute atomic E-state index is 12.4. The molecule has 98 valence electrons. The number of amides is 1. The number of hydrogen-bond donors (Lipinski definition) is 1. The van der Waals surface area contributed by atoms with Crippen molar-refractivity contribution < 1.29 is 4.79 Å². The van der Waals surface area contributed by atoms with Crippen LogP contribution < -0.4 is 5.73 Å². The molecule has 0 aliphatic carbocycles. The lowest BCUT2D eigenvalue weighted by Crippen LogP contribution is -2.49. The number of hydrogen-bond acceptors (Lipinski definition) is 3. The highest BCUT2D eigenvalue weighted by Crippen LogP contribution is 2.23. The zero-order chi connectivity index (χ0) is 13.1. The highest BCUT2D eigenvalue weighted by Gasteiger charge is 2.29. The van der Waals surface area contributed by atoms with Gasteiger partial charge in [-0.05, 0) is 46.8 Å². The zero-order valence-electron chi connectivity index (χ0n) is 10.5. The number of carbonyl (C=O) groups is 1. The molecular formula is C13H18BrN3O. The van der Waals surface area contributed by atoms with E-state index in [-0.39, 0.29) is 11.9 Å². The Morgan fingerprint density at radius 1 is 1.61 bits per heavy atom. The lowest BCUT2D eigenvalue weighted by molar-refractivity contribution is 0.0567. The van der Waals surface area contributed by atoms with Gasteiger partial charge < -0.3 is 10.6 Å². The van der Waals surface area contributed by atoms with Crippen LogP contribution in [0.1, 0.15) is 30.3 Å². The molecule has 2 rings (SSSR count). The van der Waals surface area contributed by atoms with Gasteiger partial charge in [-0.15, -0.1) is 0 Å². The van der Waals surface area contributed by atoms with Crippen LogP contribution in [0.15, 0.2) is 22.8 Å². The van der Waals surface area contributed by atoms with E-state index in [1.807, 2.05) is 11.0 Å². The van der Waals surface area contributed by atoms with E-state index in [2.05, 4.69) is 27.8 Å². The first-order valence-electron chi connectivity index (χ1n) is 6.24. The van der Waals surface area contributed by atoms with Crippen LogP contribution in [0.5, 0.6) is 0 Å². The summed E-state index contributed by atoms with van der Waals surface area (Å²) in [5, 5.41) is 0. The summed E-state index contributed by atoms with van der Waals surface area (Å²) in [5.74, 6) is 0.630. The molecule has 1 saturated heterocycles. The van der Waals surface area contributed by atoms with Crippen LogP contribution in [0.4, 0.5) is 0 Å². The van der Waals surface area contributed by atoms with Crippen molar-refractivity contribution in [3.8, 4) is 0 Å². The molecule has 0 spiro atoms. The number of aromatic nitrogens is 1. The number of rotatable bonds is 2. The van der Waals surface area contributed by atoms with E-state index in [0.29, 0.717) is 18.2 Å². The number of pyridine rings is 1. The second kappa shape index (κ2) is 5.80. The van der Waals surface area contributed by atoms with E-state index in [1.165, 1.54) is 0 Å². The van der Waals surface area contributed by atoms with Gasteiger partial charge in [-0.2, -0.15) is 0 Å². The van der Waals surface area contributed by atoms with Crippen molar-refractivity contribution in [2.75, 3.05) is 13.1 Å². The highest BCUT2D eigenvalue weighted by molar-refractivity contribution is 9.10. The Balaban J connectivity index is 2.14. The standard InChI is InChI=1S/C13H18BrN3O/c1-9-4-5-17(11(6-9)7-15)13(18)12-3-2-10(14)8-16-12/h2-3,8-9,11H,4-7,15H2,1H3. The fourth-order valence-electron chi connectivity index (χ4n) is 2.39. The fraction of sp³-hybridized carbons (Fsp3) is 0.538. The predicted octanol–water partition coefficient (Wildman–Crippen LogP) is 2.04. The molecule has 0 aromatic carbocycles. The van der Waals surface area contributed by atoms with Crippen LogP contribution in [-0.4, -0.2) is 34.9 Å². The minimum absolute atomic E-state index is 0.00940. The van der Waals surface area contributed by atoms with Crippen LogP contribution in [0.25, 0.3) is 0 Å². The Morgan fingerprint density at radius 3 is 3.00 bits per heavy atom. The predicted molar refractivity (Wildman–Crippen MR) is 74.2 cm³/mol. The van der Waals surface area contributed by atoms with Crippen molar-refractivity contribution in [3.63, 3.8) is 0 Å². The molecule has 0 radical (unpaired) electrons. The Bertz CT molecular complexity index is 421. The third-order valence-corrected chi connectivity index (χ3v) is 3.93. The van der Waals surface area contributed by atoms with Crippen LogP contribution in [0, 0.1) is 5.92 Å². The molecule has 0 saturated carbocycles. The van der Waals surface area contributed by atoms with Crippen LogP contribution in [0.3, 0.4) is 0 Å². The normalized spacial score (nSPS) is 24.1. The molecule has 4 nitrogen and oxygen atoms in total. The average molecular weight is 312 g/mol. The highest BCUT2D eigenvalue weighted by atomic mass is 79.9. The monoisotopic (exact) mass is 311 g/mol. The van der Waals surface area contributed by atoms with Gasteiger partial charge in [0.25, 0.3) is 5.91 Å². The van der Waals surface area contributed by atoms with Crippen molar-refractivity contribution in [1.82, 2.24) is 9.88 Å². The summed E-state index contributed by atoms with van der Waals surface area (Å²) in [6.07, 6.45) is 3.68. The lowest BCUT2D eigenvalue weighted by Gasteiger charge is -2.37. The van der Waals surface area contributed by atoms with Crippen molar-refractivity contribution in [2.45, 2.75) is 25.8 Å². The molecule has 1 aromatic heterocycles. The molecule has 2 unspecified atom stereocenters. The molecule has 18 heavy (non-hydrogen) atoms. The molecule has 5 heteroatoms. The van der Waals surface area contributed by atoms with Gasteiger partial charge in [0.15, 0.2) is 0 Å². The quantitative estimate of drug-likeness (QED) is 0.909. The smallest absolute Gasteiger partial charge is 0.272 e. The number of carbonyl (C=O) groups excluding carboxylic acids is 1. The number of nitrogens with two attached hydrogens (primary N) is 1. The minimum Gasteiger partial charge on any atom is -0.333 e. The Labute approximate surface area is 116 Å². The number of likely N-dealkylation sites (tertiary alicyclic amines) is 1. The van der Waals surface area contributed by atoms with Gasteiger partial charge in [0, 0.05) is 29.8 Å². The number of piperidine rings is 1. The van der Waals surface area contributed by atoms with Gasteiger partial charge in [-0.3, -0.25) is 4.79 Å². The Kier molecular flexibility index (Phi) is 4.35. The van der Waals surface area contributed by atoms with Crippen molar-refractivity contribution >= 4 is 21.8 Å². The molecule has 2 N–H and O–H groups in total. The van der Waals surface area contributed by atoms with Crippen LogP contribution in [-0.2, 0) is 0 Å². The molecule has 1 aliphatic rings. The molecule has 1 fully saturated rings. The fourth-order valence-corrected chi connectivity index (χ4v) is 2.63. The van der Waals surface area contributed by atoms with Crippen LogP contribution >= 0.6 is 15.9 Å². The van der Waals surface area contributed by atoms with Crippen molar-refractivity contribution in [2.24, 2.45) is 11.7 Å². The molecule has 1 amide bonds. The topological polar surface area (TPSA) is 59.2 Å². The van der Waals surface area contributed by atoms with E-state index in [4.69, 9.17) is 5.73 Å². The SMILES string of the molecule is CC1CCN(C(=O)c2ccc(Br)cn2)C(CN)C1. The first-order valence-corrected chi connectivity index (χ1v) is 7.03. The number of nitrogens with zero attached hydrogens (tertiary/aromatic N) is 2. The Hall–Kier alpha value is -0.940. The maximum Gasteiger partial charge on any atom is 0.272 e. The summed E-state index contributed by atoms with van der Waals surface area (Å²) in [5.41, 5.74) is 6.27. The van der Waals surface area contributed by atoms with Gasteiger partial charge in [-0.1, -0.05) is 6.92 Å². The molecule has 1 aromatic rings. The minimum atomic E-state index is -0.00940. The molecule has 2 atom stereocenters. The lowest BCUT2D eigenvalue weighted by atomic mass is 9.92. The van der Waals surface area contributed by atoms with Gasteiger partial charge in [-0.25, -0.2) is 4.98 Å². The van der Waals surface area contributed by atoms with Gasteiger partial charge in [0.05, 0.1) is 0 Å². The first-order chi connectivity index (χ1) is 8.61. The summed E-state index contributed by atoms with van der Waals surface area (Å²) in [6, 6.07) is 3.73. The molecule has 0 bridgehead atoms. The van der Waals surface area contributed by atoms with Gasteiger partial charge in [0.1, 0.15) is 5.69 Å². The third kappa shape index (κ3) is 2.90. The summed E-state index contributed by atoms with van der Waals surface area (Å²) in [7, 11) is 0. The van der Waals surface area contributed by atoms with Gasteiger partial charge in [0.2, 0.25) is 0 Å². The summed E-state index contributed by atoms with van der Waals surface area (Å²) < 4.78 is 0.877.